The Kier molecular flexibility index (Phi) is 9.71. The SMILES string of the molecule is [C-]#[N+]c1ccc(C(=O)N(CC2CC2)c2cccc(C(=O)Nc3c(Br)cc(C(C(F)(F)F)C(F)(F)F)cc3OC(F)F)c2F)cc1. The molecule has 45 heavy (non-hydrogen) atoms. The first kappa shape index (κ1) is 33.6. The molecule has 0 spiro atoms. The van der Waals surface area contributed by atoms with Gasteiger partial charge in [-0.1, -0.05) is 30.3 Å². The second-order valence-corrected chi connectivity index (χ2v) is 10.7. The second-order valence-electron chi connectivity index (χ2n) is 9.88. The van der Waals surface area contributed by atoms with Gasteiger partial charge in [0, 0.05) is 16.6 Å². The Morgan fingerprint density at radius 3 is 2.18 bits per heavy atom. The molecular weight excluding hydrogens is 689 g/mol. The first-order chi connectivity index (χ1) is 21.0. The van der Waals surface area contributed by atoms with Crippen molar-refractivity contribution in [2.24, 2.45) is 5.92 Å². The van der Waals surface area contributed by atoms with Gasteiger partial charge in [0.25, 0.3) is 11.8 Å². The summed E-state index contributed by atoms with van der Waals surface area (Å²) in [6, 6.07) is 9.31. The van der Waals surface area contributed by atoms with E-state index in [-0.39, 0.29) is 35.5 Å². The van der Waals surface area contributed by atoms with E-state index < -0.39 is 69.6 Å². The molecule has 1 aliphatic rings. The number of amides is 2. The van der Waals surface area contributed by atoms with Crippen molar-refractivity contribution in [3.05, 3.63) is 93.0 Å². The van der Waals surface area contributed by atoms with Crippen LogP contribution in [0.15, 0.2) is 59.1 Å². The van der Waals surface area contributed by atoms with E-state index in [4.69, 9.17) is 6.57 Å². The molecule has 2 amide bonds. The lowest BCUT2D eigenvalue weighted by molar-refractivity contribution is -0.253. The number of benzene rings is 3. The fourth-order valence-electron chi connectivity index (χ4n) is 4.41. The lowest BCUT2D eigenvalue weighted by atomic mass is 9.97. The van der Waals surface area contributed by atoms with E-state index >= 15 is 4.39 Å². The molecule has 4 rings (SSSR count). The number of carbonyl (C=O) groups is 2. The molecule has 0 heterocycles. The van der Waals surface area contributed by atoms with Gasteiger partial charge < -0.3 is 15.0 Å². The highest BCUT2D eigenvalue weighted by molar-refractivity contribution is 9.10. The normalized spacial score (nSPS) is 13.5. The van der Waals surface area contributed by atoms with Crippen LogP contribution >= 0.6 is 15.9 Å². The van der Waals surface area contributed by atoms with Gasteiger partial charge in [0.1, 0.15) is 0 Å². The van der Waals surface area contributed by atoms with Crippen molar-refractivity contribution in [3.63, 3.8) is 0 Å². The number of halogens is 10. The zero-order valence-corrected chi connectivity index (χ0v) is 24.0. The van der Waals surface area contributed by atoms with Crippen molar-refractivity contribution >= 4 is 44.8 Å². The molecule has 0 aromatic heterocycles. The molecule has 6 nitrogen and oxygen atoms in total. The van der Waals surface area contributed by atoms with E-state index in [1.807, 2.05) is 5.32 Å². The van der Waals surface area contributed by atoms with Crippen LogP contribution in [0.5, 0.6) is 5.75 Å². The molecule has 16 heteroatoms. The smallest absolute Gasteiger partial charge is 0.404 e. The Balaban J connectivity index is 1.71. The Hall–Kier alpha value is -4.26. The van der Waals surface area contributed by atoms with E-state index in [2.05, 4.69) is 25.5 Å². The minimum absolute atomic E-state index is 0.0362. The van der Waals surface area contributed by atoms with Crippen LogP contribution in [-0.2, 0) is 0 Å². The summed E-state index contributed by atoms with van der Waals surface area (Å²) in [4.78, 5) is 30.9. The summed E-state index contributed by atoms with van der Waals surface area (Å²) in [6.07, 6.45) is -10.2. The molecule has 1 fully saturated rings. The molecule has 0 unspecified atom stereocenters. The third-order valence-corrected chi connectivity index (χ3v) is 7.28. The Labute approximate surface area is 257 Å². The summed E-state index contributed by atoms with van der Waals surface area (Å²) in [5.74, 6) is -8.51. The van der Waals surface area contributed by atoms with Crippen molar-refractivity contribution in [2.75, 3.05) is 16.8 Å². The summed E-state index contributed by atoms with van der Waals surface area (Å²) < 4.78 is 126. The predicted octanol–water partition coefficient (Wildman–Crippen LogP) is 9.26. The summed E-state index contributed by atoms with van der Waals surface area (Å²) in [7, 11) is 0. The maximum absolute atomic E-state index is 15.9. The molecule has 0 bridgehead atoms. The minimum Gasteiger partial charge on any atom is -0.433 e. The van der Waals surface area contributed by atoms with Crippen LogP contribution in [0.2, 0.25) is 0 Å². The number of nitrogens with zero attached hydrogens (tertiary/aromatic N) is 2. The van der Waals surface area contributed by atoms with E-state index in [9.17, 15) is 44.7 Å². The van der Waals surface area contributed by atoms with Crippen LogP contribution in [0.3, 0.4) is 0 Å². The monoisotopic (exact) mass is 707 g/mol. The fraction of sp³-hybridized carbons (Fsp3) is 0.276. The standard InChI is InChI=1S/C29H19BrF9N3O3/c1-40-17-9-7-15(8-10-17)26(44)42(13-14-5-6-14)20-4-2-3-18(22(20)31)25(43)41-23-19(30)11-16(12-21(23)45-27(32)33)24(28(34,35)36)29(37,38)39/h2-4,7-12,14,24,27H,5-6,13H2,(H,41,43). The van der Waals surface area contributed by atoms with Gasteiger partial charge in [-0.05, 0) is 64.5 Å². The van der Waals surface area contributed by atoms with E-state index in [1.54, 1.807) is 0 Å². The number of hydrogen-bond acceptors (Lipinski definition) is 3. The van der Waals surface area contributed by atoms with Gasteiger partial charge in [0.15, 0.2) is 23.2 Å². The Morgan fingerprint density at radius 2 is 1.64 bits per heavy atom. The third kappa shape index (κ3) is 7.88. The molecule has 0 saturated heterocycles. The van der Waals surface area contributed by atoms with Crippen molar-refractivity contribution in [1.29, 1.82) is 0 Å². The lowest BCUT2D eigenvalue weighted by Crippen LogP contribution is -2.34. The quantitative estimate of drug-likeness (QED) is 0.178. The highest BCUT2D eigenvalue weighted by atomic mass is 79.9. The number of hydrogen-bond donors (Lipinski definition) is 1. The fourth-order valence-corrected chi connectivity index (χ4v) is 4.97. The van der Waals surface area contributed by atoms with Crippen LogP contribution < -0.4 is 15.0 Å². The topological polar surface area (TPSA) is 63.0 Å². The van der Waals surface area contributed by atoms with Crippen LogP contribution in [0.4, 0.5) is 56.6 Å². The maximum Gasteiger partial charge on any atom is 0.404 e. The molecule has 1 N–H and O–H groups in total. The molecule has 238 valence electrons. The van der Waals surface area contributed by atoms with Gasteiger partial charge in [-0.25, -0.2) is 9.24 Å². The maximum atomic E-state index is 15.9. The molecular formula is C29H19BrF9N3O3. The summed E-state index contributed by atoms with van der Waals surface area (Å²) >= 11 is 2.70. The van der Waals surface area contributed by atoms with Gasteiger partial charge in [0.2, 0.25) is 0 Å². The van der Waals surface area contributed by atoms with Crippen LogP contribution in [0.25, 0.3) is 4.85 Å². The number of rotatable bonds is 9. The Bertz CT molecular complexity index is 1620. The highest BCUT2D eigenvalue weighted by Gasteiger charge is 2.57. The lowest BCUT2D eigenvalue weighted by Gasteiger charge is -2.25. The molecule has 3 aromatic rings. The van der Waals surface area contributed by atoms with Crippen LogP contribution in [0, 0.1) is 18.3 Å². The molecule has 0 atom stereocenters. The van der Waals surface area contributed by atoms with Crippen LogP contribution in [0.1, 0.15) is 45.0 Å². The van der Waals surface area contributed by atoms with E-state index in [0.717, 1.165) is 23.8 Å². The highest BCUT2D eigenvalue weighted by Crippen LogP contribution is 2.49. The minimum atomic E-state index is -5.86. The van der Waals surface area contributed by atoms with Gasteiger partial charge in [-0.2, -0.15) is 35.1 Å². The first-order valence-corrected chi connectivity index (χ1v) is 13.6. The molecule has 0 aliphatic heterocycles. The second kappa shape index (κ2) is 13.0. The molecule has 0 radical (unpaired) electrons. The average Bonchev–Trinajstić information content (AvgIpc) is 3.76. The number of carbonyl (C=O) groups excluding carboxylic acids is 2. The number of alkyl halides is 8. The first-order valence-electron chi connectivity index (χ1n) is 12.8. The van der Waals surface area contributed by atoms with Crippen molar-refractivity contribution < 1.29 is 53.8 Å². The van der Waals surface area contributed by atoms with Crippen molar-refractivity contribution in [1.82, 2.24) is 0 Å². The molecule has 1 aliphatic carbocycles. The average molecular weight is 708 g/mol. The Morgan fingerprint density at radius 1 is 1.02 bits per heavy atom. The number of anilines is 2. The largest absolute Gasteiger partial charge is 0.433 e. The van der Waals surface area contributed by atoms with Gasteiger partial charge in [0.05, 0.1) is 23.5 Å². The van der Waals surface area contributed by atoms with Gasteiger partial charge in [-0.3, -0.25) is 9.59 Å². The summed E-state index contributed by atoms with van der Waals surface area (Å²) in [5.41, 5.74) is -3.00. The zero-order chi connectivity index (χ0) is 33.3. The summed E-state index contributed by atoms with van der Waals surface area (Å²) in [6.45, 7) is 3.40. The third-order valence-electron chi connectivity index (χ3n) is 6.66. The molecule has 1 saturated carbocycles. The van der Waals surface area contributed by atoms with Crippen LogP contribution in [-0.4, -0.2) is 37.3 Å². The molecule has 3 aromatic carbocycles. The van der Waals surface area contributed by atoms with E-state index in [0.29, 0.717) is 6.07 Å². The van der Waals surface area contributed by atoms with Gasteiger partial charge in [-0.15, -0.1) is 0 Å². The summed E-state index contributed by atoms with van der Waals surface area (Å²) in [5, 5.41) is 2.00. The van der Waals surface area contributed by atoms with Crippen molar-refractivity contribution in [3.8, 4) is 5.75 Å². The number of nitrogens with one attached hydrogen (secondary N) is 1. The van der Waals surface area contributed by atoms with E-state index in [1.165, 1.54) is 36.4 Å². The van der Waals surface area contributed by atoms with Crippen molar-refractivity contribution in [2.45, 2.75) is 37.7 Å². The zero-order valence-electron chi connectivity index (χ0n) is 22.4. The number of ether oxygens (including phenoxy) is 1. The van der Waals surface area contributed by atoms with Gasteiger partial charge >= 0.3 is 19.0 Å². The predicted molar refractivity (Wildman–Crippen MR) is 147 cm³/mol.